The molecule has 0 saturated heterocycles. The number of carbonyl (C=O) groups is 4. The first-order chi connectivity index (χ1) is 44.4. The minimum Gasteiger partial charge on any atom is -0.447 e. The highest BCUT2D eigenvalue weighted by Gasteiger charge is 2.32. The van der Waals surface area contributed by atoms with Gasteiger partial charge < -0.3 is 34.7 Å². The standard InChI is InChI=1S/C31H40N4O6S2.C30H39N5O6S2.C6H7NO/c1-19(2)40-29(36)33-22-11-9-21(10-12-22)28-32-18-26(42-28)25-16-13-23(17-27(25)43(38,39)35-31(4,5)6)34-30(37)41-24-14-7-20(3)8-15-24;1-19(2)41-29(37)33-21-11-9-20(10-12-21)27-32-17-25(42-27)24-14-13-22(16-26(24)43(38,39)35-30(3,4)5)34-28(36)40-18-23-8-6-7-15-31-23;8-5-6-3-1-2-4-7-6/h7-8,13-19,21-22,35H,9-12H2,1-6H3,(H,33,36)(H,34,37);6-8,13-17,19-21,35H,9-12,18H2,1-5H3,(H,33,37)(H,34,36);1-4,8H,5H2. The highest BCUT2D eigenvalue weighted by atomic mass is 32.2. The van der Waals surface area contributed by atoms with Crippen LogP contribution in [0.1, 0.15) is 159 Å². The summed E-state index contributed by atoms with van der Waals surface area (Å²) in [6.07, 6.45) is 10.7. The maximum atomic E-state index is 13.6. The number of anilines is 2. The maximum Gasteiger partial charge on any atom is 0.417 e. The summed E-state index contributed by atoms with van der Waals surface area (Å²) in [5, 5.41) is 21.5. The fourth-order valence-corrected chi connectivity index (χ4v) is 15.8. The Labute approximate surface area is 559 Å². The van der Waals surface area contributed by atoms with Crippen molar-refractivity contribution >= 4 is 78.5 Å². The fourth-order valence-electron chi connectivity index (χ4n) is 10.1. The number of carbonyl (C=O) groups excluding carboxylic acids is 4. The van der Waals surface area contributed by atoms with Crippen molar-refractivity contribution in [2.24, 2.45) is 0 Å². The molecular formula is C67H86N10O13S4. The Morgan fingerprint density at radius 3 is 1.36 bits per heavy atom. The van der Waals surface area contributed by atoms with Crippen LogP contribution in [0.3, 0.4) is 0 Å². The third-order valence-electron chi connectivity index (χ3n) is 14.2. The molecule has 4 heterocycles. The Balaban J connectivity index is 0.000000237. The normalized spacial score (nSPS) is 16.7. The molecule has 2 saturated carbocycles. The number of rotatable bonds is 18. The predicted octanol–water partition coefficient (Wildman–Crippen LogP) is 13.7. The van der Waals surface area contributed by atoms with Gasteiger partial charge in [0.15, 0.2) is 0 Å². The lowest BCUT2D eigenvalue weighted by Crippen LogP contribution is -2.40. The zero-order chi connectivity index (χ0) is 68.4. The molecule has 94 heavy (non-hydrogen) atoms. The van der Waals surface area contributed by atoms with Crippen molar-refractivity contribution in [1.82, 2.24) is 40.0 Å². The molecule has 0 atom stereocenters. The molecule has 3 aromatic carbocycles. The zero-order valence-electron chi connectivity index (χ0n) is 54.9. The van der Waals surface area contributed by atoms with E-state index in [1.54, 1.807) is 127 Å². The maximum absolute atomic E-state index is 13.6. The summed E-state index contributed by atoms with van der Waals surface area (Å²) in [7, 11) is -7.96. The van der Waals surface area contributed by atoms with E-state index in [1.165, 1.54) is 34.8 Å². The minimum atomic E-state index is -3.98. The second-order valence-electron chi connectivity index (χ2n) is 25.4. The molecule has 4 aromatic heterocycles. The number of pyridine rings is 2. The SMILES string of the molecule is CC(C)OC(=O)NC1CCC(c2ncc(-c3ccc(NC(=O)OCc4ccccn4)cc3S(=O)(=O)NC(C)(C)C)s2)CC1.Cc1ccc(OC(=O)Nc2ccc(-c3cnc(C4CCC(NC(=O)OC(C)C)CC4)s3)c(S(=O)(=O)NC(C)(C)C)c2)cc1.OCc1ccccn1. The van der Waals surface area contributed by atoms with E-state index in [9.17, 15) is 36.0 Å². The van der Waals surface area contributed by atoms with Gasteiger partial charge in [0.05, 0.1) is 59.8 Å². The number of aliphatic hydroxyl groups is 1. The van der Waals surface area contributed by atoms with Crippen LogP contribution in [0.15, 0.2) is 132 Å². The molecule has 0 aliphatic heterocycles. The molecule has 9 rings (SSSR count). The van der Waals surface area contributed by atoms with Gasteiger partial charge in [0.2, 0.25) is 20.0 Å². The highest BCUT2D eigenvalue weighted by Crippen LogP contribution is 2.42. The highest BCUT2D eigenvalue weighted by molar-refractivity contribution is 7.90. The molecule has 7 aromatic rings. The van der Waals surface area contributed by atoms with Gasteiger partial charge in [-0.05, 0) is 188 Å². The summed E-state index contributed by atoms with van der Waals surface area (Å²) in [6, 6.07) is 27.4. The lowest BCUT2D eigenvalue weighted by Gasteiger charge is -2.28. The molecule has 7 N–H and O–H groups in total. The van der Waals surface area contributed by atoms with Gasteiger partial charge in [0.25, 0.3) is 0 Å². The zero-order valence-corrected chi connectivity index (χ0v) is 58.1. The smallest absolute Gasteiger partial charge is 0.417 e. The fraction of sp³-hybridized carbons (Fsp3) is 0.433. The quantitative estimate of drug-likeness (QED) is 0.0393. The number of nitrogens with one attached hydrogen (secondary N) is 6. The van der Waals surface area contributed by atoms with Crippen LogP contribution < -0.4 is 35.4 Å². The Kier molecular flexibility index (Phi) is 26.2. The number of alkyl carbamates (subject to hydrolysis) is 2. The number of aryl methyl sites for hydroxylation is 1. The lowest BCUT2D eigenvalue weighted by atomic mass is 9.86. The first-order valence-electron chi connectivity index (χ1n) is 31.0. The molecule has 23 nitrogen and oxygen atoms in total. The lowest BCUT2D eigenvalue weighted by molar-refractivity contribution is 0.108. The van der Waals surface area contributed by atoms with Gasteiger partial charge in [0, 0.05) is 82.3 Å². The van der Waals surface area contributed by atoms with E-state index in [1.807, 2.05) is 58.9 Å². The number of hydrogen-bond acceptors (Lipinski definition) is 19. The molecule has 0 spiro atoms. The van der Waals surface area contributed by atoms with E-state index in [2.05, 4.69) is 50.6 Å². The van der Waals surface area contributed by atoms with Gasteiger partial charge in [-0.15, -0.1) is 22.7 Å². The van der Waals surface area contributed by atoms with Gasteiger partial charge >= 0.3 is 24.4 Å². The van der Waals surface area contributed by atoms with E-state index < -0.39 is 55.5 Å². The van der Waals surface area contributed by atoms with E-state index in [0.717, 1.165) is 66.9 Å². The van der Waals surface area contributed by atoms with Crippen LogP contribution in [0.4, 0.5) is 30.6 Å². The molecule has 2 aliphatic carbocycles. The van der Waals surface area contributed by atoms with Crippen molar-refractivity contribution in [3.05, 3.63) is 149 Å². The number of sulfonamides is 2. The van der Waals surface area contributed by atoms with Gasteiger partial charge in [0.1, 0.15) is 12.4 Å². The Bertz CT molecular complexity index is 3860. The van der Waals surface area contributed by atoms with Crippen LogP contribution in [0.5, 0.6) is 5.75 Å². The molecule has 506 valence electrons. The summed E-state index contributed by atoms with van der Waals surface area (Å²) in [4.78, 5) is 67.8. The third-order valence-corrected chi connectivity index (χ3v) is 20.2. The Hall–Kier alpha value is -7.92. The van der Waals surface area contributed by atoms with Crippen LogP contribution in [0, 0.1) is 6.92 Å². The van der Waals surface area contributed by atoms with E-state index in [4.69, 9.17) is 24.1 Å². The van der Waals surface area contributed by atoms with Crippen LogP contribution in [0.2, 0.25) is 0 Å². The van der Waals surface area contributed by atoms with Gasteiger partial charge in [-0.25, -0.2) is 55.4 Å². The van der Waals surface area contributed by atoms with Gasteiger partial charge in [-0.1, -0.05) is 42.0 Å². The molecule has 27 heteroatoms. The number of ether oxygens (including phenoxy) is 4. The average molecular weight is 1370 g/mol. The second kappa shape index (κ2) is 33.5. The number of amides is 4. The summed E-state index contributed by atoms with van der Waals surface area (Å²) >= 11 is 2.92. The van der Waals surface area contributed by atoms with Crippen molar-refractivity contribution in [1.29, 1.82) is 0 Å². The first kappa shape index (κ1) is 73.5. The molecule has 0 radical (unpaired) electrons. The number of aromatic nitrogens is 4. The molecule has 4 amide bonds. The van der Waals surface area contributed by atoms with E-state index in [-0.39, 0.29) is 70.5 Å². The summed E-state index contributed by atoms with van der Waals surface area (Å²) in [5.41, 5.74) is 2.41. The van der Waals surface area contributed by atoms with Gasteiger partial charge in [-0.3, -0.25) is 20.6 Å². The number of hydrogen-bond donors (Lipinski definition) is 7. The van der Waals surface area contributed by atoms with Crippen molar-refractivity contribution in [2.75, 3.05) is 10.6 Å². The predicted molar refractivity (Wildman–Crippen MR) is 364 cm³/mol. The first-order valence-corrected chi connectivity index (χ1v) is 35.6. The Morgan fingerprint density at radius 1 is 0.553 bits per heavy atom. The summed E-state index contributed by atoms with van der Waals surface area (Å²) < 4.78 is 80.7. The van der Waals surface area contributed by atoms with Crippen LogP contribution >= 0.6 is 22.7 Å². The minimum absolute atomic E-state index is 0.0227. The number of thiazole rings is 2. The Morgan fingerprint density at radius 2 is 0.979 bits per heavy atom. The van der Waals surface area contributed by atoms with Crippen LogP contribution in [-0.4, -0.2) is 102 Å². The topological polar surface area (TPSA) is 317 Å². The largest absolute Gasteiger partial charge is 0.447 e. The number of nitrogens with zero attached hydrogens (tertiary/aromatic N) is 4. The van der Waals surface area contributed by atoms with E-state index in [0.29, 0.717) is 38.0 Å². The monoisotopic (exact) mass is 1370 g/mol. The van der Waals surface area contributed by atoms with Crippen molar-refractivity contribution in [2.45, 2.75) is 198 Å². The second-order valence-corrected chi connectivity index (χ2v) is 30.8. The number of benzene rings is 3. The van der Waals surface area contributed by atoms with Crippen molar-refractivity contribution in [3.63, 3.8) is 0 Å². The van der Waals surface area contributed by atoms with Crippen molar-refractivity contribution in [3.8, 4) is 26.6 Å². The molecule has 0 bridgehead atoms. The number of aliphatic hydroxyl groups excluding tert-OH is 1. The van der Waals surface area contributed by atoms with E-state index >= 15 is 0 Å². The van der Waals surface area contributed by atoms with Crippen molar-refractivity contribution < 1.29 is 60.1 Å². The molecule has 2 aliphatic rings. The van der Waals surface area contributed by atoms with Crippen LogP contribution in [-0.2, 0) is 47.5 Å². The molecular weight excluding hydrogens is 1280 g/mol. The third kappa shape index (κ3) is 23.5. The average Bonchev–Trinajstić information content (AvgIpc) is 1.42. The molecule has 0 unspecified atom stereocenters. The van der Waals surface area contributed by atoms with Crippen LogP contribution in [0.25, 0.3) is 20.9 Å². The summed E-state index contributed by atoms with van der Waals surface area (Å²) in [5.74, 6) is 0.795. The summed E-state index contributed by atoms with van der Waals surface area (Å²) in [6.45, 7) is 19.8. The molecule has 2 fully saturated rings. The van der Waals surface area contributed by atoms with Gasteiger partial charge in [-0.2, -0.15) is 0 Å².